The molecule has 0 bridgehead atoms. The molecular formula is C15H14N2O. The summed E-state index contributed by atoms with van der Waals surface area (Å²) in [7, 11) is 0. The van der Waals surface area contributed by atoms with E-state index in [2.05, 4.69) is 16.4 Å². The maximum atomic E-state index is 11.9. The molecular weight excluding hydrogens is 224 g/mol. The highest BCUT2D eigenvalue weighted by Gasteiger charge is 2.38. The molecule has 1 amide bonds. The van der Waals surface area contributed by atoms with E-state index in [1.165, 1.54) is 0 Å². The van der Waals surface area contributed by atoms with E-state index in [-0.39, 0.29) is 5.91 Å². The molecule has 0 aliphatic carbocycles. The van der Waals surface area contributed by atoms with Gasteiger partial charge in [0.1, 0.15) is 0 Å². The minimum absolute atomic E-state index is 0.0596. The van der Waals surface area contributed by atoms with E-state index in [0.717, 1.165) is 22.4 Å². The summed E-state index contributed by atoms with van der Waals surface area (Å²) >= 11 is 0. The van der Waals surface area contributed by atoms with Crippen LogP contribution in [0.2, 0.25) is 0 Å². The Hall–Kier alpha value is -2.16. The van der Waals surface area contributed by atoms with Gasteiger partial charge in [-0.2, -0.15) is 0 Å². The molecule has 2 aromatic rings. The van der Waals surface area contributed by atoms with Gasteiger partial charge in [0.05, 0.1) is 5.41 Å². The molecule has 1 N–H and O–H groups in total. The number of pyridine rings is 1. The summed E-state index contributed by atoms with van der Waals surface area (Å²) in [5, 5.41) is 2.92. The summed E-state index contributed by atoms with van der Waals surface area (Å²) in [6.45, 7) is 3.90. The van der Waals surface area contributed by atoms with Crippen LogP contribution in [0, 0.1) is 0 Å². The van der Waals surface area contributed by atoms with Gasteiger partial charge >= 0.3 is 0 Å². The molecule has 0 saturated carbocycles. The van der Waals surface area contributed by atoms with Gasteiger partial charge in [0.25, 0.3) is 0 Å². The molecule has 0 atom stereocenters. The van der Waals surface area contributed by atoms with Crippen molar-refractivity contribution in [3.05, 3.63) is 48.3 Å². The highest BCUT2D eigenvalue weighted by molar-refractivity contribution is 6.06. The van der Waals surface area contributed by atoms with Crippen LogP contribution in [-0.4, -0.2) is 10.9 Å². The Labute approximate surface area is 106 Å². The SMILES string of the molecule is CC1(C)C(=O)Nc2ccc(-c3ccncc3)cc21. The molecule has 3 nitrogen and oxygen atoms in total. The molecule has 1 aromatic carbocycles. The average Bonchev–Trinajstić information content (AvgIpc) is 2.61. The molecule has 18 heavy (non-hydrogen) atoms. The van der Waals surface area contributed by atoms with Crippen LogP contribution in [0.15, 0.2) is 42.7 Å². The van der Waals surface area contributed by atoms with Gasteiger partial charge in [0.2, 0.25) is 5.91 Å². The first-order chi connectivity index (χ1) is 8.59. The average molecular weight is 238 g/mol. The maximum Gasteiger partial charge on any atom is 0.234 e. The van der Waals surface area contributed by atoms with Gasteiger partial charge in [0, 0.05) is 18.1 Å². The quantitative estimate of drug-likeness (QED) is 0.829. The second-order valence-electron chi connectivity index (χ2n) is 5.08. The van der Waals surface area contributed by atoms with Gasteiger partial charge in [-0.15, -0.1) is 0 Å². The fourth-order valence-corrected chi connectivity index (χ4v) is 2.30. The van der Waals surface area contributed by atoms with E-state index in [0.29, 0.717) is 0 Å². The van der Waals surface area contributed by atoms with Crippen molar-refractivity contribution in [1.29, 1.82) is 0 Å². The topological polar surface area (TPSA) is 42.0 Å². The van der Waals surface area contributed by atoms with Crippen molar-refractivity contribution >= 4 is 11.6 Å². The van der Waals surface area contributed by atoms with Gasteiger partial charge in [0.15, 0.2) is 0 Å². The van der Waals surface area contributed by atoms with Crippen LogP contribution in [0.4, 0.5) is 5.69 Å². The number of anilines is 1. The van der Waals surface area contributed by atoms with E-state index >= 15 is 0 Å². The van der Waals surface area contributed by atoms with E-state index < -0.39 is 5.41 Å². The molecule has 0 spiro atoms. The number of hydrogen-bond acceptors (Lipinski definition) is 2. The first-order valence-corrected chi connectivity index (χ1v) is 5.95. The van der Waals surface area contributed by atoms with Gasteiger partial charge in [-0.1, -0.05) is 6.07 Å². The first-order valence-electron chi connectivity index (χ1n) is 5.95. The fraction of sp³-hybridized carbons (Fsp3) is 0.200. The number of nitrogens with zero attached hydrogens (tertiary/aromatic N) is 1. The number of aromatic nitrogens is 1. The third kappa shape index (κ3) is 1.51. The Morgan fingerprint density at radius 1 is 1.06 bits per heavy atom. The largest absolute Gasteiger partial charge is 0.325 e. The number of rotatable bonds is 1. The van der Waals surface area contributed by atoms with Gasteiger partial charge in [-0.05, 0) is 54.8 Å². The molecule has 0 fully saturated rings. The van der Waals surface area contributed by atoms with Crippen molar-refractivity contribution in [1.82, 2.24) is 4.98 Å². The number of hydrogen-bond donors (Lipinski definition) is 1. The van der Waals surface area contributed by atoms with E-state index in [1.807, 2.05) is 38.1 Å². The molecule has 0 radical (unpaired) electrons. The molecule has 3 heteroatoms. The van der Waals surface area contributed by atoms with Crippen LogP contribution in [-0.2, 0) is 10.2 Å². The van der Waals surface area contributed by atoms with Crippen LogP contribution in [0.1, 0.15) is 19.4 Å². The highest BCUT2D eigenvalue weighted by Crippen LogP contribution is 2.39. The Bertz CT molecular complexity index is 618. The molecule has 1 aliphatic heterocycles. The lowest BCUT2D eigenvalue weighted by Gasteiger charge is -2.15. The number of fused-ring (bicyclic) bond motifs is 1. The standard InChI is InChI=1S/C15H14N2O/c1-15(2)12-9-11(10-5-7-16-8-6-10)3-4-13(12)17-14(15)18/h3-9H,1-2H3,(H,17,18). The lowest BCUT2D eigenvalue weighted by molar-refractivity contribution is -0.119. The summed E-state index contributed by atoms with van der Waals surface area (Å²) < 4.78 is 0. The Morgan fingerprint density at radius 2 is 1.78 bits per heavy atom. The van der Waals surface area contributed by atoms with Crippen LogP contribution in [0.5, 0.6) is 0 Å². The number of benzene rings is 1. The summed E-state index contributed by atoms with van der Waals surface area (Å²) in [5.41, 5.74) is 3.74. The summed E-state index contributed by atoms with van der Waals surface area (Å²) in [4.78, 5) is 15.9. The zero-order valence-corrected chi connectivity index (χ0v) is 10.4. The number of carbonyl (C=O) groups excluding carboxylic acids is 1. The van der Waals surface area contributed by atoms with Gasteiger partial charge in [-0.3, -0.25) is 9.78 Å². The smallest absolute Gasteiger partial charge is 0.234 e. The fourth-order valence-electron chi connectivity index (χ4n) is 2.30. The minimum atomic E-state index is -0.460. The Balaban J connectivity index is 2.14. The van der Waals surface area contributed by atoms with Crippen LogP contribution < -0.4 is 5.32 Å². The van der Waals surface area contributed by atoms with Crippen LogP contribution in [0.3, 0.4) is 0 Å². The number of carbonyl (C=O) groups is 1. The lowest BCUT2D eigenvalue weighted by Crippen LogP contribution is -2.26. The number of amides is 1. The van der Waals surface area contributed by atoms with Gasteiger partial charge in [-0.25, -0.2) is 0 Å². The van der Waals surface area contributed by atoms with Crippen molar-refractivity contribution in [2.45, 2.75) is 19.3 Å². The van der Waals surface area contributed by atoms with Crippen molar-refractivity contribution in [2.75, 3.05) is 5.32 Å². The van der Waals surface area contributed by atoms with E-state index in [9.17, 15) is 4.79 Å². The first kappa shape index (κ1) is 11.0. The number of nitrogens with one attached hydrogen (secondary N) is 1. The van der Waals surface area contributed by atoms with E-state index in [4.69, 9.17) is 0 Å². The summed E-state index contributed by atoms with van der Waals surface area (Å²) in [6.07, 6.45) is 3.55. The van der Waals surface area contributed by atoms with Crippen molar-refractivity contribution in [3.8, 4) is 11.1 Å². The van der Waals surface area contributed by atoms with Crippen molar-refractivity contribution in [3.63, 3.8) is 0 Å². The monoisotopic (exact) mass is 238 g/mol. The second-order valence-corrected chi connectivity index (χ2v) is 5.08. The Morgan fingerprint density at radius 3 is 2.50 bits per heavy atom. The predicted octanol–water partition coefficient (Wildman–Crippen LogP) is 2.98. The third-order valence-electron chi connectivity index (χ3n) is 3.52. The maximum absolute atomic E-state index is 11.9. The lowest BCUT2D eigenvalue weighted by atomic mass is 9.85. The second kappa shape index (κ2) is 3.67. The van der Waals surface area contributed by atoms with Gasteiger partial charge < -0.3 is 5.32 Å². The molecule has 90 valence electrons. The van der Waals surface area contributed by atoms with Crippen molar-refractivity contribution < 1.29 is 4.79 Å². The van der Waals surface area contributed by atoms with Crippen molar-refractivity contribution in [2.24, 2.45) is 0 Å². The third-order valence-corrected chi connectivity index (χ3v) is 3.52. The molecule has 1 aromatic heterocycles. The van der Waals surface area contributed by atoms with E-state index in [1.54, 1.807) is 12.4 Å². The molecule has 0 unspecified atom stereocenters. The molecule has 2 heterocycles. The van der Waals surface area contributed by atoms with Crippen LogP contribution >= 0.6 is 0 Å². The molecule has 0 saturated heterocycles. The Kier molecular flexibility index (Phi) is 2.23. The zero-order valence-electron chi connectivity index (χ0n) is 10.4. The summed E-state index contributed by atoms with van der Waals surface area (Å²) in [6, 6.07) is 10.0. The normalized spacial score (nSPS) is 16.2. The van der Waals surface area contributed by atoms with Crippen LogP contribution in [0.25, 0.3) is 11.1 Å². The zero-order chi connectivity index (χ0) is 12.8. The predicted molar refractivity (Wildman–Crippen MR) is 71.3 cm³/mol. The minimum Gasteiger partial charge on any atom is -0.325 e. The highest BCUT2D eigenvalue weighted by atomic mass is 16.2. The molecule has 3 rings (SSSR count). The molecule has 1 aliphatic rings. The summed E-state index contributed by atoms with van der Waals surface area (Å²) in [5.74, 6) is 0.0596.